The van der Waals surface area contributed by atoms with Crippen LogP contribution in [0, 0.1) is 12.8 Å². The number of carbonyl (C=O) groups excluding carboxylic acids is 1. The Hall–Kier alpha value is -2.67. The summed E-state index contributed by atoms with van der Waals surface area (Å²) in [6, 6.07) is 9.44. The van der Waals surface area contributed by atoms with Crippen molar-refractivity contribution in [2.75, 3.05) is 13.6 Å². The van der Waals surface area contributed by atoms with Gasteiger partial charge in [0.15, 0.2) is 5.11 Å². The Morgan fingerprint density at radius 2 is 1.74 bits per heavy atom. The van der Waals surface area contributed by atoms with Crippen LogP contribution in [0.15, 0.2) is 40.8 Å². The van der Waals surface area contributed by atoms with Crippen LogP contribution in [0.1, 0.15) is 25.1 Å². The molecule has 1 aromatic carbocycles. The molecule has 142 valence electrons. The average molecular weight is 385 g/mol. The van der Waals surface area contributed by atoms with Crippen molar-refractivity contribution in [3.05, 3.63) is 57.6 Å². The fourth-order valence-electron chi connectivity index (χ4n) is 3.23. The summed E-state index contributed by atoms with van der Waals surface area (Å²) >= 11 is 5.43. The normalized spacial score (nSPS) is 16.3. The molecular formula is C20H24N4O2S. The number of carbonyl (C=O) groups is 1. The molecule has 1 saturated heterocycles. The van der Waals surface area contributed by atoms with Gasteiger partial charge in [-0.25, -0.2) is 4.68 Å². The first-order valence-corrected chi connectivity index (χ1v) is 9.30. The lowest BCUT2D eigenvalue weighted by molar-refractivity contribution is -0.122. The molecule has 27 heavy (non-hydrogen) atoms. The van der Waals surface area contributed by atoms with E-state index in [1.165, 1.54) is 0 Å². The molecule has 1 aromatic heterocycles. The van der Waals surface area contributed by atoms with E-state index in [9.17, 15) is 9.59 Å². The third-order valence-electron chi connectivity index (χ3n) is 4.77. The quantitative estimate of drug-likeness (QED) is 0.600. The topological polar surface area (TPSA) is 50.5 Å². The van der Waals surface area contributed by atoms with Crippen LogP contribution in [-0.4, -0.2) is 43.8 Å². The summed E-state index contributed by atoms with van der Waals surface area (Å²) in [6.07, 6.45) is 1.66. The first-order chi connectivity index (χ1) is 12.7. The molecule has 3 rings (SSSR count). The zero-order valence-electron chi connectivity index (χ0n) is 16.3. The van der Waals surface area contributed by atoms with Gasteiger partial charge in [-0.15, -0.1) is 0 Å². The van der Waals surface area contributed by atoms with Gasteiger partial charge in [-0.3, -0.25) is 19.2 Å². The molecule has 7 heteroatoms. The molecule has 0 saturated carbocycles. The van der Waals surface area contributed by atoms with Gasteiger partial charge in [0, 0.05) is 26.3 Å². The molecule has 0 spiro atoms. The molecular weight excluding hydrogens is 360 g/mol. The van der Waals surface area contributed by atoms with E-state index < -0.39 is 0 Å². The van der Waals surface area contributed by atoms with Gasteiger partial charge in [-0.1, -0.05) is 32.0 Å². The van der Waals surface area contributed by atoms with Gasteiger partial charge in [0.05, 0.1) is 11.3 Å². The molecule has 0 unspecified atom stereocenters. The molecule has 0 atom stereocenters. The number of para-hydroxylation sites is 1. The van der Waals surface area contributed by atoms with Crippen molar-refractivity contribution < 1.29 is 4.79 Å². The van der Waals surface area contributed by atoms with Gasteiger partial charge < -0.3 is 4.90 Å². The lowest BCUT2D eigenvalue weighted by Gasteiger charge is -2.18. The fourth-order valence-corrected chi connectivity index (χ4v) is 3.49. The Morgan fingerprint density at radius 1 is 1.11 bits per heavy atom. The van der Waals surface area contributed by atoms with Gasteiger partial charge in [0.1, 0.15) is 5.70 Å². The number of likely N-dealkylation sites (N-methyl/N-ethyl adjacent to an activating group) is 1. The number of hydrogen-bond acceptors (Lipinski definition) is 3. The number of hydrogen-bond donors (Lipinski definition) is 0. The average Bonchev–Trinajstić information content (AvgIpc) is 2.96. The molecule has 6 nitrogen and oxygen atoms in total. The minimum atomic E-state index is -0.164. The van der Waals surface area contributed by atoms with E-state index in [-0.39, 0.29) is 11.5 Å². The number of rotatable bonds is 4. The fraction of sp³-hybridized carbons (Fsp3) is 0.350. The van der Waals surface area contributed by atoms with Crippen molar-refractivity contribution in [2.24, 2.45) is 13.0 Å². The van der Waals surface area contributed by atoms with E-state index in [4.69, 9.17) is 12.2 Å². The van der Waals surface area contributed by atoms with Crippen LogP contribution in [-0.2, 0) is 11.8 Å². The molecule has 1 fully saturated rings. The Bertz CT molecular complexity index is 985. The van der Waals surface area contributed by atoms with Crippen LogP contribution in [0.25, 0.3) is 11.8 Å². The van der Waals surface area contributed by atoms with Crippen LogP contribution in [0.3, 0.4) is 0 Å². The maximum absolute atomic E-state index is 13.1. The first-order valence-electron chi connectivity index (χ1n) is 8.89. The van der Waals surface area contributed by atoms with Crippen molar-refractivity contribution in [3.8, 4) is 5.69 Å². The standard InChI is InChI=1S/C20H24N4O2S/c1-13(2)12-23-19(26)17(21(4)20(23)27)11-16-14(3)22(5)24(18(16)25)15-9-7-6-8-10-15/h6-11,13H,12H2,1-5H3. The molecule has 1 amide bonds. The summed E-state index contributed by atoms with van der Waals surface area (Å²) in [5.41, 5.74) is 2.31. The second kappa shape index (κ2) is 7.15. The van der Waals surface area contributed by atoms with E-state index in [2.05, 4.69) is 0 Å². The molecule has 0 aliphatic carbocycles. The van der Waals surface area contributed by atoms with Gasteiger partial charge in [-0.05, 0) is 43.3 Å². The maximum Gasteiger partial charge on any atom is 0.279 e. The van der Waals surface area contributed by atoms with Crippen molar-refractivity contribution in [2.45, 2.75) is 20.8 Å². The second-order valence-corrected chi connectivity index (χ2v) is 7.52. The SMILES string of the molecule is Cc1c(C=C2C(=O)N(CC(C)C)C(=S)N2C)c(=O)n(-c2ccccc2)n1C. The summed E-state index contributed by atoms with van der Waals surface area (Å²) in [5.74, 6) is 0.138. The van der Waals surface area contributed by atoms with Gasteiger partial charge >= 0.3 is 0 Å². The number of thiocarbonyl (C=S) groups is 1. The number of aromatic nitrogens is 2. The van der Waals surface area contributed by atoms with Crippen molar-refractivity contribution >= 4 is 29.3 Å². The van der Waals surface area contributed by atoms with E-state index in [0.29, 0.717) is 28.8 Å². The highest BCUT2D eigenvalue weighted by atomic mass is 32.1. The monoisotopic (exact) mass is 384 g/mol. The zero-order valence-corrected chi connectivity index (χ0v) is 17.1. The minimum Gasteiger partial charge on any atom is -0.317 e. The predicted octanol–water partition coefficient (Wildman–Crippen LogP) is 2.54. The molecule has 0 bridgehead atoms. The highest BCUT2D eigenvalue weighted by molar-refractivity contribution is 7.80. The third-order valence-corrected chi connectivity index (χ3v) is 5.27. The molecule has 0 N–H and O–H groups in total. The highest BCUT2D eigenvalue weighted by Gasteiger charge is 2.36. The van der Waals surface area contributed by atoms with Crippen LogP contribution < -0.4 is 5.56 Å². The minimum absolute atomic E-state index is 0.162. The Labute approximate surface area is 164 Å². The summed E-state index contributed by atoms with van der Waals surface area (Å²) in [6.45, 7) is 6.51. The zero-order chi connectivity index (χ0) is 19.9. The van der Waals surface area contributed by atoms with Crippen molar-refractivity contribution in [1.29, 1.82) is 0 Å². The van der Waals surface area contributed by atoms with Gasteiger partial charge in [0.25, 0.3) is 11.5 Å². The molecule has 0 radical (unpaired) electrons. The number of amides is 1. The van der Waals surface area contributed by atoms with Gasteiger partial charge in [0.2, 0.25) is 0 Å². The maximum atomic E-state index is 13.1. The Morgan fingerprint density at radius 3 is 2.33 bits per heavy atom. The van der Waals surface area contributed by atoms with E-state index in [1.54, 1.807) is 32.3 Å². The lowest BCUT2D eigenvalue weighted by Crippen LogP contribution is -2.34. The molecule has 1 aliphatic rings. The van der Waals surface area contributed by atoms with Crippen molar-refractivity contribution in [3.63, 3.8) is 0 Å². The van der Waals surface area contributed by atoms with Crippen LogP contribution in [0.4, 0.5) is 0 Å². The molecule has 2 heterocycles. The second-order valence-electron chi connectivity index (χ2n) is 7.16. The highest BCUT2D eigenvalue weighted by Crippen LogP contribution is 2.23. The Balaban J connectivity index is 2.09. The predicted molar refractivity (Wildman–Crippen MR) is 111 cm³/mol. The van der Waals surface area contributed by atoms with Crippen LogP contribution in [0.5, 0.6) is 0 Å². The van der Waals surface area contributed by atoms with Crippen LogP contribution in [0.2, 0.25) is 0 Å². The van der Waals surface area contributed by atoms with Gasteiger partial charge in [-0.2, -0.15) is 0 Å². The third kappa shape index (κ3) is 3.23. The van der Waals surface area contributed by atoms with E-state index >= 15 is 0 Å². The first kappa shape index (κ1) is 19.1. The number of benzene rings is 1. The van der Waals surface area contributed by atoms with Crippen molar-refractivity contribution in [1.82, 2.24) is 19.2 Å². The summed E-state index contributed by atoms with van der Waals surface area (Å²) in [7, 11) is 3.60. The molecule has 1 aliphatic heterocycles. The largest absolute Gasteiger partial charge is 0.317 e. The van der Waals surface area contributed by atoms with E-state index in [0.717, 1.165) is 11.4 Å². The van der Waals surface area contributed by atoms with E-state index in [1.807, 2.05) is 58.2 Å². The molecule has 2 aromatic rings. The summed E-state index contributed by atoms with van der Waals surface area (Å²) in [4.78, 5) is 29.2. The summed E-state index contributed by atoms with van der Waals surface area (Å²) in [5, 5.41) is 0.469. The Kier molecular flexibility index (Phi) is 5.06. The van der Waals surface area contributed by atoms with Crippen LogP contribution >= 0.6 is 12.2 Å². The lowest BCUT2D eigenvalue weighted by atomic mass is 10.2. The number of nitrogens with zero attached hydrogens (tertiary/aromatic N) is 4. The summed E-state index contributed by atoms with van der Waals surface area (Å²) < 4.78 is 3.40. The smallest absolute Gasteiger partial charge is 0.279 e.